The van der Waals surface area contributed by atoms with E-state index < -0.39 is 6.10 Å². The molecular weight excluding hydrogens is 222 g/mol. The van der Waals surface area contributed by atoms with Crippen LogP contribution in [0.4, 0.5) is 0 Å². The van der Waals surface area contributed by atoms with Gasteiger partial charge in [-0.15, -0.1) is 0 Å². The van der Waals surface area contributed by atoms with Crippen LogP contribution in [0.25, 0.3) is 0 Å². The van der Waals surface area contributed by atoms with Crippen molar-refractivity contribution >= 4 is 0 Å². The quantitative estimate of drug-likeness (QED) is 0.833. The predicted molar refractivity (Wildman–Crippen MR) is 77.7 cm³/mol. The van der Waals surface area contributed by atoms with Crippen LogP contribution in [0.1, 0.15) is 50.8 Å². The fourth-order valence-electron chi connectivity index (χ4n) is 2.29. The molecule has 0 saturated carbocycles. The minimum Gasteiger partial charge on any atom is -0.387 e. The molecule has 18 heavy (non-hydrogen) atoms. The lowest BCUT2D eigenvalue weighted by Crippen LogP contribution is -2.40. The van der Waals surface area contributed by atoms with Crippen molar-refractivity contribution < 1.29 is 5.11 Å². The summed E-state index contributed by atoms with van der Waals surface area (Å²) in [6.45, 7) is 8.58. The highest BCUT2D eigenvalue weighted by molar-refractivity contribution is 5.24. The summed E-state index contributed by atoms with van der Waals surface area (Å²) < 4.78 is 0. The van der Waals surface area contributed by atoms with E-state index in [1.54, 1.807) is 0 Å². The molecule has 0 saturated heterocycles. The summed E-state index contributed by atoms with van der Waals surface area (Å²) in [5.41, 5.74) is 2.23. The summed E-state index contributed by atoms with van der Waals surface area (Å²) >= 11 is 0. The van der Waals surface area contributed by atoms with E-state index in [1.165, 1.54) is 18.4 Å². The first-order valence-corrected chi connectivity index (χ1v) is 6.94. The summed E-state index contributed by atoms with van der Waals surface area (Å²) in [7, 11) is 2.10. The van der Waals surface area contributed by atoms with Crippen LogP contribution < -0.4 is 0 Å². The zero-order chi connectivity index (χ0) is 13.7. The highest BCUT2D eigenvalue weighted by atomic mass is 16.3. The number of aryl methyl sites for hydroxylation is 1. The second-order valence-electron chi connectivity index (χ2n) is 5.40. The fraction of sp³-hybridized carbons (Fsp3) is 0.625. The molecule has 0 amide bonds. The maximum absolute atomic E-state index is 10.4. The predicted octanol–water partition coefficient (Wildman–Crippen LogP) is 3.54. The van der Waals surface area contributed by atoms with Crippen molar-refractivity contribution in [2.75, 3.05) is 7.05 Å². The van der Waals surface area contributed by atoms with Crippen LogP contribution in [0, 0.1) is 6.92 Å². The highest BCUT2D eigenvalue weighted by Gasteiger charge is 2.23. The van der Waals surface area contributed by atoms with Crippen molar-refractivity contribution in [2.45, 2.75) is 58.7 Å². The van der Waals surface area contributed by atoms with Gasteiger partial charge in [-0.2, -0.15) is 0 Å². The summed E-state index contributed by atoms with van der Waals surface area (Å²) in [6, 6.07) is 8.80. The first kappa shape index (κ1) is 15.2. The number of nitrogens with zero attached hydrogens (tertiary/aromatic N) is 1. The zero-order valence-electron chi connectivity index (χ0n) is 12.4. The molecule has 1 aromatic carbocycles. The Balaban J connectivity index is 2.70. The Morgan fingerprint density at radius 2 is 1.72 bits per heavy atom. The Hall–Kier alpha value is -0.860. The van der Waals surface area contributed by atoms with Gasteiger partial charge in [0, 0.05) is 12.1 Å². The van der Waals surface area contributed by atoms with Gasteiger partial charge in [-0.25, -0.2) is 0 Å². The molecule has 1 rings (SSSR count). The van der Waals surface area contributed by atoms with E-state index in [4.69, 9.17) is 0 Å². The van der Waals surface area contributed by atoms with E-state index in [9.17, 15) is 5.11 Å². The number of hydrogen-bond donors (Lipinski definition) is 1. The van der Waals surface area contributed by atoms with Crippen molar-refractivity contribution in [1.29, 1.82) is 0 Å². The molecule has 0 fully saturated rings. The van der Waals surface area contributed by atoms with E-state index in [0.29, 0.717) is 6.04 Å². The van der Waals surface area contributed by atoms with Gasteiger partial charge in [-0.05, 0) is 39.8 Å². The lowest BCUT2D eigenvalue weighted by Gasteiger charge is -2.34. The van der Waals surface area contributed by atoms with E-state index in [0.717, 1.165) is 5.56 Å². The van der Waals surface area contributed by atoms with E-state index >= 15 is 0 Å². The molecule has 0 aromatic heterocycles. The monoisotopic (exact) mass is 249 g/mol. The molecule has 2 nitrogen and oxygen atoms in total. The lowest BCUT2D eigenvalue weighted by molar-refractivity contribution is 0.0509. The largest absolute Gasteiger partial charge is 0.387 e. The summed E-state index contributed by atoms with van der Waals surface area (Å²) in [4.78, 5) is 2.27. The molecule has 0 aliphatic rings. The van der Waals surface area contributed by atoms with E-state index in [2.05, 4.69) is 51.8 Å². The summed E-state index contributed by atoms with van der Waals surface area (Å²) in [5.74, 6) is 0. The van der Waals surface area contributed by atoms with Crippen LogP contribution in [0.3, 0.4) is 0 Å². The highest BCUT2D eigenvalue weighted by Crippen LogP contribution is 2.22. The Bertz CT molecular complexity index is 347. The Morgan fingerprint density at radius 3 is 2.22 bits per heavy atom. The summed E-state index contributed by atoms with van der Waals surface area (Å²) in [6.07, 6.45) is 1.93. The number of rotatable bonds is 6. The minimum atomic E-state index is -0.421. The second-order valence-corrected chi connectivity index (χ2v) is 5.40. The molecule has 0 bridgehead atoms. The molecule has 3 atom stereocenters. The molecule has 3 unspecified atom stereocenters. The molecule has 0 heterocycles. The molecule has 102 valence electrons. The molecular formula is C16H27NO. The first-order valence-electron chi connectivity index (χ1n) is 6.94. The maximum atomic E-state index is 10.4. The topological polar surface area (TPSA) is 23.5 Å². The van der Waals surface area contributed by atoms with Crippen LogP contribution in [0.5, 0.6) is 0 Å². The Morgan fingerprint density at radius 1 is 1.17 bits per heavy atom. The van der Waals surface area contributed by atoms with Crippen LogP contribution >= 0.6 is 0 Å². The second kappa shape index (κ2) is 6.91. The lowest BCUT2D eigenvalue weighted by atomic mass is 10.00. The van der Waals surface area contributed by atoms with E-state index in [-0.39, 0.29) is 6.04 Å². The van der Waals surface area contributed by atoms with Gasteiger partial charge >= 0.3 is 0 Å². The number of hydrogen-bond acceptors (Lipinski definition) is 2. The van der Waals surface area contributed by atoms with Crippen molar-refractivity contribution in [3.8, 4) is 0 Å². The molecule has 0 aliphatic heterocycles. The molecule has 0 aliphatic carbocycles. The van der Waals surface area contributed by atoms with Gasteiger partial charge in [0.25, 0.3) is 0 Å². The van der Waals surface area contributed by atoms with Gasteiger partial charge in [0.15, 0.2) is 0 Å². The third-order valence-corrected chi connectivity index (χ3v) is 3.92. The Kier molecular flexibility index (Phi) is 5.83. The van der Waals surface area contributed by atoms with Gasteiger partial charge < -0.3 is 5.11 Å². The Labute approximate surface area is 112 Å². The van der Waals surface area contributed by atoms with Crippen molar-refractivity contribution in [3.63, 3.8) is 0 Å². The average Bonchev–Trinajstić information content (AvgIpc) is 2.37. The number of benzene rings is 1. The molecule has 2 heteroatoms. The fourth-order valence-corrected chi connectivity index (χ4v) is 2.29. The van der Waals surface area contributed by atoms with E-state index in [1.807, 2.05) is 12.1 Å². The number of likely N-dealkylation sites (N-methyl/N-ethyl adjacent to an activating group) is 1. The van der Waals surface area contributed by atoms with Gasteiger partial charge in [0.05, 0.1) is 6.10 Å². The molecule has 0 radical (unpaired) electrons. The third-order valence-electron chi connectivity index (χ3n) is 3.92. The molecule has 0 spiro atoms. The maximum Gasteiger partial charge on any atom is 0.0942 e. The molecule has 1 aromatic rings. The van der Waals surface area contributed by atoms with Crippen molar-refractivity contribution in [3.05, 3.63) is 35.4 Å². The van der Waals surface area contributed by atoms with Gasteiger partial charge in [-0.3, -0.25) is 4.90 Å². The zero-order valence-corrected chi connectivity index (χ0v) is 12.4. The van der Waals surface area contributed by atoms with Crippen molar-refractivity contribution in [1.82, 2.24) is 4.90 Å². The van der Waals surface area contributed by atoms with Gasteiger partial charge in [0.2, 0.25) is 0 Å². The van der Waals surface area contributed by atoms with Gasteiger partial charge in [0.1, 0.15) is 0 Å². The smallest absolute Gasteiger partial charge is 0.0942 e. The van der Waals surface area contributed by atoms with Crippen LogP contribution in [0.2, 0.25) is 0 Å². The van der Waals surface area contributed by atoms with Crippen molar-refractivity contribution in [2.24, 2.45) is 0 Å². The third kappa shape index (κ3) is 3.82. The van der Waals surface area contributed by atoms with Gasteiger partial charge in [-0.1, -0.05) is 43.2 Å². The van der Waals surface area contributed by atoms with Crippen LogP contribution in [-0.4, -0.2) is 29.1 Å². The first-order chi connectivity index (χ1) is 8.47. The number of aliphatic hydroxyl groups is 1. The molecule has 1 N–H and O–H groups in total. The standard InChI is InChI=1S/C16H27NO/c1-6-7-13(3)17(5)14(4)16(18)15-10-8-12(2)9-11-15/h8-11,13-14,16,18H,6-7H2,1-5H3. The minimum absolute atomic E-state index is 0.134. The van der Waals surface area contributed by atoms with Crippen LogP contribution in [-0.2, 0) is 0 Å². The average molecular weight is 249 g/mol. The SMILES string of the molecule is CCCC(C)N(C)C(C)C(O)c1ccc(C)cc1. The van der Waals surface area contributed by atoms with Crippen LogP contribution in [0.15, 0.2) is 24.3 Å². The summed E-state index contributed by atoms with van der Waals surface area (Å²) in [5, 5.41) is 10.4. The normalized spacial score (nSPS) is 16.6. The number of aliphatic hydroxyl groups excluding tert-OH is 1.